The van der Waals surface area contributed by atoms with Crippen LogP contribution in [-0.4, -0.2) is 67.6 Å². The van der Waals surface area contributed by atoms with Crippen LogP contribution in [0.2, 0.25) is 0 Å². The van der Waals surface area contributed by atoms with Crippen molar-refractivity contribution in [1.29, 1.82) is 0 Å². The molecule has 1 aromatic heterocycles. The SMILES string of the molecule is COCCCN1C(=O)c2cccc3c(NC(=O)C4CCCCN4S(=O)(=O)c4c(C)n[nH]c4C)ccc1c23. The van der Waals surface area contributed by atoms with Gasteiger partial charge in [0.1, 0.15) is 10.9 Å². The van der Waals surface area contributed by atoms with Gasteiger partial charge in [-0.3, -0.25) is 14.7 Å². The summed E-state index contributed by atoms with van der Waals surface area (Å²) in [5.74, 6) is -0.459. The molecule has 0 radical (unpaired) electrons. The normalized spacial score (nSPS) is 18.1. The van der Waals surface area contributed by atoms with Gasteiger partial charge >= 0.3 is 0 Å². The number of aromatic nitrogens is 2. The molecule has 2 aromatic carbocycles. The number of piperidine rings is 1. The van der Waals surface area contributed by atoms with E-state index in [-0.39, 0.29) is 23.3 Å². The molecule has 0 bridgehead atoms. The van der Waals surface area contributed by atoms with Gasteiger partial charge in [-0.05, 0) is 51.3 Å². The largest absolute Gasteiger partial charge is 0.385 e. The molecule has 1 unspecified atom stereocenters. The highest BCUT2D eigenvalue weighted by Gasteiger charge is 2.40. The zero-order valence-electron chi connectivity index (χ0n) is 21.2. The number of carbonyl (C=O) groups excluding carboxylic acids is 2. The lowest BCUT2D eigenvalue weighted by Crippen LogP contribution is -2.50. The van der Waals surface area contributed by atoms with Crippen molar-refractivity contribution in [2.75, 3.05) is 37.0 Å². The number of aromatic amines is 1. The van der Waals surface area contributed by atoms with Crippen LogP contribution < -0.4 is 10.2 Å². The molecule has 0 spiro atoms. The number of benzene rings is 2. The number of hydrogen-bond donors (Lipinski definition) is 2. The van der Waals surface area contributed by atoms with Gasteiger partial charge in [0.15, 0.2) is 0 Å². The highest BCUT2D eigenvalue weighted by molar-refractivity contribution is 7.89. The number of ether oxygens (including phenoxy) is 1. The fourth-order valence-electron chi connectivity index (χ4n) is 5.45. The van der Waals surface area contributed by atoms with Crippen molar-refractivity contribution in [2.24, 2.45) is 0 Å². The average molecular weight is 526 g/mol. The zero-order chi connectivity index (χ0) is 26.3. The molecule has 11 heteroatoms. The number of nitrogens with one attached hydrogen (secondary N) is 2. The molecule has 0 aliphatic carbocycles. The Morgan fingerprint density at radius 3 is 2.76 bits per heavy atom. The Kier molecular flexibility index (Phi) is 6.78. The van der Waals surface area contributed by atoms with Crippen LogP contribution in [0.25, 0.3) is 10.8 Å². The van der Waals surface area contributed by atoms with Gasteiger partial charge in [-0.25, -0.2) is 8.42 Å². The van der Waals surface area contributed by atoms with Crippen molar-refractivity contribution in [2.45, 2.75) is 50.5 Å². The first-order valence-corrected chi connectivity index (χ1v) is 13.9. The molecule has 1 saturated heterocycles. The van der Waals surface area contributed by atoms with Crippen LogP contribution in [0, 0.1) is 13.8 Å². The van der Waals surface area contributed by atoms with Crippen molar-refractivity contribution < 1.29 is 22.7 Å². The number of rotatable bonds is 8. The van der Waals surface area contributed by atoms with E-state index in [1.165, 1.54) is 4.31 Å². The third-order valence-electron chi connectivity index (χ3n) is 7.16. The monoisotopic (exact) mass is 525 g/mol. The van der Waals surface area contributed by atoms with Crippen molar-refractivity contribution in [1.82, 2.24) is 14.5 Å². The summed E-state index contributed by atoms with van der Waals surface area (Å²) < 4.78 is 33.6. The van der Waals surface area contributed by atoms with Gasteiger partial charge in [0.2, 0.25) is 15.9 Å². The van der Waals surface area contributed by atoms with Gasteiger partial charge < -0.3 is 15.0 Å². The van der Waals surface area contributed by atoms with E-state index in [4.69, 9.17) is 4.74 Å². The molecule has 1 atom stereocenters. The minimum absolute atomic E-state index is 0.0735. The smallest absolute Gasteiger partial charge is 0.258 e. The molecule has 2 aliphatic heterocycles. The second-order valence-corrected chi connectivity index (χ2v) is 11.4. The summed E-state index contributed by atoms with van der Waals surface area (Å²) in [7, 11) is -2.29. The third-order valence-corrected chi connectivity index (χ3v) is 9.33. The van der Waals surface area contributed by atoms with E-state index in [9.17, 15) is 18.0 Å². The van der Waals surface area contributed by atoms with Crippen molar-refractivity contribution >= 4 is 44.0 Å². The predicted molar refractivity (Wildman–Crippen MR) is 140 cm³/mol. The second-order valence-electron chi connectivity index (χ2n) is 9.54. The van der Waals surface area contributed by atoms with E-state index < -0.39 is 16.1 Å². The van der Waals surface area contributed by atoms with E-state index in [0.29, 0.717) is 55.1 Å². The number of hydrogen-bond acceptors (Lipinski definition) is 6. The van der Waals surface area contributed by atoms with Gasteiger partial charge in [0, 0.05) is 48.8 Å². The molecule has 37 heavy (non-hydrogen) atoms. The number of amides is 2. The molecule has 10 nitrogen and oxygen atoms in total. The van der Waals surface area contributed by atoms with E-state index in [1.807, 2.05) is 12.1 Å². The van der Waals surface area contributed by atoms with Crippen molar-refractivity contribution in [3.8, 4) is 0 Å². The Bertz CT molecular complexity index is 1460. The van der Waals surface area contributed by atoms with E-state index >= 15 is 0 Å². The van der Waals surface area contributed by atoms with Gasteiger partial charge in [-0.15, -0.1) is 0 Å². The molecule has 2 aliphatic rings. The number of methoxy groups -OCH3 is 1. The number of nitrogens with zero attached hydrogens (tertiary/aromatic N) is 3. The van der Waals surface area contributed by atoms with Crippen molar-refractivity contribution in [3.63, 3.8) is 0 Å². The third kappa shape index (κ3) is 4.30. The number of carbonyl (C=O) groups is 2. The summed E-state index contributed by atoms with van der Waals surface area (Å²) >= 11 is 0. The Morgan fingerprint density at radius 2 is 2.03 bits per heavy atom. The first kappa shape index (κ1) is 25.4. The van der Waals surface area contributed by atoms with E-state index in [0.717, 1.165) is 22.9 Å². The quantitative estimate of drug-likeness (QED) is 0.435. The summed E-state index contributed by atoms with van der Waals surface area (Å²) in [6.45, 7) is 4.65. The Hall–Kier alpha value is -3.28. The number of H-pyrrole nitrogens is 1. The first-order chi connectivity index (χ1) is 17.8. The Balaban J connectivity index is 1.45. The molecule has 196 valence electrons. The standard InChI is InChI=1S/C26H31N5O5S/c1-16-24(17(2)29-28-16)37(34,35)31-14-5-4-10-22(31)25(32)27-20-11-12-21-23-18(20)8-6-9-19(23)26(33)30(21)13-7-15-36-3/h6,8-9,11-12,22H,4-5,7,10,13-15H2,1-3H3,(H,27,32)(H,28,29). The van der Waals surface area contributed by atoms with Crippen LogP contribution >= 0.6 is 0 Å². The lowest BCUT2D eigenvalue weighted by molar-refractivity contribution is -0.120. The summed E-state index contributed by atoms with van der Waals surface area (Å²) in [6.07, 6.45) is 2.56. The molecule has 3 heterocycles. The maximum absolute atomic E-state index is 13.6. The molecule has 2 amide bonds. The fraction of sp³-hybridized carbons (Fsp3) is 0.423. The van der Waals surface area contributed by atoms with Crippen LogP contribution in [0.1, 0.15) is 47.4 Å². The topological polar surface area (TPSA) is 125 Å². The zero-order valence-corrected chi connectivity index (χ0v) is 22.0. The lowest BCUT2D eigenvalue weighted by atomic mass is 10.0. The van der Waals surface area contributed by atoms with Gasteiger partial charge in [-0.2, -0.15) is 9.40 Å². The number of anilines is 2. The maximum Gasteiger partial charge on any atom is 0.258 e. The molecular formula is C26H31N5O5S. The summed E-state index contributed by atoms with van der Waals surface area (Å²) in [6, 6.07) is 8.25. The average Bonchev–Trinajstić information content (AvgIpc) is 3.38. The molecule has 2 N–H and O–H groups in total. The van der Waals surface area contributed by atoms with Crippen LogP contribution in [0.15, 0.2) is 35.2 Å². The Labute approximate surface area is 216 Å². The minimum atomic E-state index is -3.92. The minimum Gasteiger partial charge on any atom is -0.385 e. The highest BCUT2D eigenvalue weighted by atomic mass is 32.2. The van der Waals surface area contributed by atoms with Crippen LogP contribution in [0.5, 0.6) is 0 Å². The maximum atomic E-state index is 13.6. The van der Waals surface area contributed by atoms with Crippen LogP contribution in [0.4, 0.5) is 11.4 Å². The Morgan fingerprint density at radius 1 is 1.22 bits per heavy atom. The molecule has 5 rings (SSSR count). The molecule has 1 fully saturated rings. The van der Waals surface area contributed by atoms with Gasteiger partial charge in [0.25, 0.3) is 5.91 Å². The molecule has 3 aromatic rings. The van der Waals surface area contributed by atoms with Crippen LogP contribution in [0.3, 0.4) is 0 Å². The first-order valence-electron chi connectivity index (χ1n) is 12.5. The van der Waals surface area contributed by atoms with Gasteiger partial charge in [-0.1, -0.05) is 18.6 Å². The van der Waals surface area contributed by atoms with E-state index in [1.54, 1.807) is 44.1 Å². The molecule has 0 saturated carbocycles. The highest BCUT2D eigenvalue weighted by Crippen LogP contribution is 2.41. The van der Waals surface area contributed by atoms with Gasteiger partial charge in [0.05, 0.1) is 17.1 Å². The summed E-state index contributed by atoms with van der Waals surface area (Å²) in [4.78, 5) is 28.5. The van der Waals surface area contributed by atoms with E-state index in [2.05, 4.69) is 15.5 Å². The second kappa shape index (κ2) is 9.88. The lowest BCUT2D eigenvalue weighted by Gasteiger charge is -2.33. The van der Waals surface area contributed by atoms with Crippen molar-refractivity contribution in [3.05, 3.63) is 47.3 Å². The summed E-state index contributed by atoms with van der Waals surface area (Å²) in [5, 5.41) is 11.3. The van der Waals surface area contributed by atoms with Crippen LogP contribution in [-0.2, 0) is 19.6 Å². The predicted octanol–water partition coefficient (Wildman–Crippen LogP) is 3.36. The molecular weight excluding hydrogens is 494 g/mol. The number of sulfonamides is 1. The summed E-state index contributed by atoms with van der Waals surface area (Å²) in [5.41, 5.74) is 2.78. The fourth-order valence-corrected chi connectivity index (χ4v) is 7.44. The number of aryl methyl sites for hydroxylation is 2.